The molecule has 2 aromatic rings. The Morgan fingerprint density at radius 3 is 2.83 bits per heavy atom. The van der Waals surface area contributed by atoms with Crippen LogP contribution in [0.5, 0.6) is 0 Å². The van der Waals surface area contributed by atoms with Gasteiger partial charge in [-0.25, -0.2) is 13.1 Å². The first-order chi connectivity index (χ1) is 13.7. The first kappa shape index (κ1) is 20.0. The minimum Gasteiger partial charge on any atom is -0.340 e. The predicted octanol–water partition coefficient (Wildman–Crippen LogP) is 0.381. The van der Waals surface area contributed by atoms with E-state index < -0.39 is 15.4 Å². The maximum absolute atomic E-state index is 12.9. The second-order valence-corrected chi connectivity index (χ2v) is 10.1. The fraction of sp³-hybridized carbons (Fsp3) is 0.667. The first-order valence-corrected chi connectivity index (χ1v) is 11.4. The summed E-state index contributed by atoms with van der Waals surface area (Å²) >= 11 is 0. The maximum Gasteiger partial charge on any atom is 0.244 e. The fourth-order valence-electron chi connectivity index (χ4n) is 4.61. The van der Waals surface area contributed by atoms with Gasteiger partial charge in [0.2, 0.25) is 21.8 Å². The highest BCUT2D eigenvalue weighted by molar-refractivity contribution is 7.89. The van der Waals surface area contributed by atoms with E-state index in [9.17, 15) is 13.2 Å². The topological polar surface area (TPSA) is 123 Å². The number of fused-ring (bicyclic) bond motifs is 1. The summed E-state index contributed by atoms with van der Waals surface area (Å²) in [6.45, 7) is 6.39. The standard InChI is InChI=1S/C18H26N6O4S/c1-4-29(26,27)22-15-7-14-9-23(16(25)10-24-6-5-12(2)20-24)11-18(14,8-15)17-19-13(3)21-28-17/h5-6,14-15,22H,4,7-11H2,1-3H3/t14?,15-,18+/m1/s1. The molecule has 1 N–H and O–H groups in total. The van der Waals surface area contributed by atoms with E-state index in [2.05, 4.69) is 20.0 Å². The lowest BCUT2D eigenvalue weighted by Crippen LogP contribution is -2.40. The summed E-state index contributed by atoms with van der Waals surface area (Å²) in [4.78, 5) is 19.1. The highest BCUT2D eigenvalue weighted by atomic mass is 32.2. The van der Waals surface area contributed by atoms with Gasteiger partial charge < -0.3 is 9.42 Å². The number of hydrogen-bond acceptors (Lipinski definition) is 7. The van der Waals surface area contributed by atoms with Gasteiger partial charge in [-0.1, -0.05) is 5.16 Å². The molecule has 1 saturated heterocycles. The third kappa shape index (κ3) is 3.80. The number of hydrogen-bond donors (Lipinski definition) is 1. The minimum absolute atomic E-state index is 0.0243. The second-order valence-electron chi connectivity index (χ2n) is 8.09. The summed E-state index contributed by atoms with van der Waals surface area (Å²) in [6, 6.07) is 1.65. The van der Waals surface area contributed by atoms with Gasteiger partial charge in [0.1, 0.15) is 6.54 Å². The lowest BCUT2D eigenvalue weighted by Gasteiger charge is -2.25. The van der Waals surface area contributed by atoms with Crippen molar-refractivity contribution in [2.75, 3.05) is 18.8 Å². The quantitative estimate of drug-likeness (QED) is 0.714. The zero-order valence-electron chi connectivity index (χ0n) is 16.8. The molecule has 1 aliphatic carbocycles. The fourth-order valence-corrected chi connectivity index (χ4v) is 5.46. The molecular weight excluding hydrogens is 396 g/mol. The summed E-state index contributed by atoms with van der Waals surface area (Å²) in [7, 11) is -3.31. The SMILES string of the molecule is CCS(=O)(=O)N[C@@H]1CC2CN(C(=O)Cn3ccc(C)n3)C[C@@]2(c2nc(C)no2)C1. The molecule has 0 spiro atoms. The number of carbonyl (C=O) groups excluding carboxylic acids is 1. The third-order valence-corrected chi connectivity index (χ3v) is 7.43. The van der Waals surface area contributed by atoms with Gasteiger partial charge in [0.15, 0.2) is 5.82 Å². The van der Waals surface area contributed by atoms with E-state index >= 15 is 0 Å². The molecule has 0 radical (unpaired) electrons. The van der Waals surface area contributed by atoms with Crippen LogP contribution >= 0.6 is 0 Å². The van der Waals surface area contributed by atoms with Crippen LogP contribution in [0.15, 0.2) is 16.8 Å². The van der Waals surface area contributed by atoms with Gasteiger partial charge in [0, 0.05) is 25.3 Å². The molecule has 1 amide bonds. The van der Waals surface area contributed by atoms with Crippen LogP contribution in [0, 0.1) is 19.8 Å². The number of aryl methyl sites for hydroxylation is 2. The van der Waals surface area contributed by atoms with Crippen LogP contribution in [0.2, 0.25) is 0 Å². The molecule has 158 valence electrons. The molecule has 0 aromatic carbocycles. The summed E-state index contributed by atoms with van der Waals surface area (Å²) in [5.74, 6) is 1.08. The second kappa shape index (κ2) is 7.21. The molecule has 2 fully saturated rings. The van der Waals surface area contributed by atoms with Crippen molar-refractivity contribution >= 4 is 15.9 Å². The highest BCUT2D eigenvalue weighted by Crippen LogP contribution is 2.50. The van der Waals surface area contributed by atoms with Crippen molar-refractivity contribution in [1.29, 1.82) is 0 Å². The number of sulfonamides is 1. The van der Waals surface area contributed by atoms with Gasteiger partial charge in [0.05, 0.1) is 16.9 Å². The average molecular weight is 423 g/mol. The van der Waals surface area contributed by atoms with Crippen LogP contribution in [0.1, 0.15) is 37.2 Å². The van der Waals surface area contributed by atoms with Crippen LogP contribution in [-0.2, 0) is 26.8 Å². The van der Waals surface area contributed by atoms with Crippen molar-refractivity contribution in [1.82, 2.24) is 29.5 Å². The maximum atomic E-state index is 12.9. The molecule has 29 heavy (non-hydrogen) atoms. The van der Waals surface area contributed by atoms with Crippen LogP contribution in [0.3, 0.4) is 0 Å². The van der Waals surface area contributed by atoms with Crippen LogP contribution in [0.4, 0.5) is 0 Å². The number of carbonyl (C=O) groups is 1. The van der Waals surface area contributed by atoms with Crippen molar-refractivity contribution < 1.29 is 17.7 Å². The monoisotopic (exact) mass is 422 g/mol. The zero-order chi connectivity index (χ0) is 20.8. The Labute approximate surface area is 169 Å². The lowest BCUT2D eigenvalue weighted by atomic mass is 9.80. The van der Waals surface area contributed by atoms with Crippen molar-refractivity contribution in [3.63, 3.8) is 0 Å². The molecular formula is C18H26N6O4S. The Balaban J connectivity index is 1.55. The third-order valence-electron chi connectivity index (χ3n) is 5.98. The summed E-state index contributed by atoms with van der Waals surface area (Å²) in [5.41, 5.74) is 0.331. The molecule has 0 bridgehead atoms. The largest absolute Gasteiger partial charge is 0.340 e. The van der Waals surface area contributed by atoms with E-state index in [1.807, 2.05) is 17.9 Å². The summed E-state index contributed by atoms with van der Waals surface area (Å²) in [6.07, 6.45) is 2.95. The van der Waals surface area contributed by atoms with E-state index in [0.717, 1.165) is 5.69 Å². The molecule has 2 aliphatic rings. The molecule has 3 atom stereocenters. The van der Waals surface area contributed by atoms with Crippen molar-refractivity contribution in [2.24, 2.45) is 5.92 Å². The molecule has 11 heteroatoms. The number of rotatable bonds is 6. The molecule has 1 unspecified atom stereocenters. The lowest BCUT2D eigenvalue weighted by molar-refractivity contribution is -0.131. The average Bonchev–Trinajstić information content (AvgIpc) is 3.38. The Hall–Kier alpha value is -2.27. The predicted molar refractivity (Wildman–Crippen MR) is 103 cm³/mol. The van der Waals surface area contributed by atoms with Gasteiger partial charge in [0.25, 0.3) is 0 Å². The van der Waals surface area contributed by atoms with E-state index in [1.165, 1.54) is 0 Å². The molecule has 3 heterocycles. The number of nitrogens with one attached hydrogen (secondary N) is 1. The minimum atomic E-state index is -3.31. The Morgan fingerprint density at radius 1 is 1.41 bits per heavy atom. The van der Waals surface area contributed by atoms with Crippen molar-refractivity contribution in [3.05, 3.63) is 29.7 Å². The van der Waals surface area contributed by atoms with Crippen LogP contribution < -0.4 is 4.72 Å². The Kier molecular flexibility index (Phi) is 4.97. The van der Waals surface area contributed by atoms with Crippen molar-refractivity contribution in [2.45, 2.75) is 51.6 Å². The Bertz CT molecular complexity index is 1020. The van der Waals surface area contributed by atoms with Crippen LogP contribution in [0.25, 0.3) is 0 Å². The smallest absolute Gasteiger partial charge is 0.244 e. The molecule has 1 saturated carbocycles. The number of aromatic nitrogens is 4. The van der Waals surface area contributed by atoms with Gasteiger partial charge in [-0.2, -0.15) is 10.1 Å². The number of amides is 1. The van der Waals surface area contributed by atoms with Gasteiger partial charge in [-0.05, 0) is 45.6 Å². The van der Waals surface area contributed by atoms with E-state index in [0.29, 0.717) is 37.6 Å². The van der Waals surface area contributed by atoms with Crippen LogP contribution in [-0.4, -0.2) is 64.0 Å². The number of likely N-dealkylation sites (tertiary alicyclic amines) is 1. The summed E-state index contributed by atoms with van der Waals surface area (Å²) in [5, 5.41) is 8.22. The van der Waals surface area contributed by atoms with Gasteiger partial charge in [-0.15, -0.1) is 0 Å². The molecule has 4 rings (SSSR count). The van der Waals surface area contributed by atoms with E-state index in [1.54, 1.807) is 24.7 Å². The molecule has 1 aliphatic heterocycles. The molecule has 2 aromatic heterocycles. The highest BCUT2D eigenvalue weighted by Gasteiger charge is 2.58. The first-order valence-electron chi connectivity index (χ1n) is 9.79. The summed E-state index contributed by atoms with van der Waals surface area (Å²) < 4.78 is 34.1. The molecule has 10 nitrogen and oxygen atoms in total. The van der Waals surface area contributed by atoms with Gasteiger partial charge in [-0.3, -0.25) is 9.48 Å². The zero-order valence-corrected chi connectivity index (χ0v) is 17.6. The van der Waals surface area contributed by atoms with Crippen molar-refractivity contribution in [3.8, 4) is 0 Å². The van der Waals surface area contributed by atoms with E-state index in [4.69, 9.17) is 4.52 Å². The van der Waals surface area contributed by atoms with E-state index in [-0.39, 0.29) is 30.2 Å². The number of nitrogens with zero attached hydrogens (tertiary/aromatic N) is 5. The Morgan fingerprint density at radius 2 is 2.21 bits per heavy atom. The normalized spacial score (nSPS) is 26.8. The van der Waals surface area contributed by atoms with Gasteiger partial charge >= 0.3 is 0 Å².